The van der Waals surface area contributed by atoms with E-state index in [9.17, 15) is 31.1 Å². The van der Waals surface area contributed by atoms with E-state index in [1.165, 1.54) is 5.69 Å². The highest BCUT2D eigenvalue weighted by Gasteiger charge is 2.39. The number of pyridine rings is 1. The number of hydrogen-bond donors (Lipinski definition) is 2. The minimum Gasteiger partial charge on any atom is -0.475 e. The van der Waals surface area contributed by atoms with Crippen LogP contribution in [0.5, 0.6) is 0 Å². The molecule has 37 heavy (non-hydrogen) atoms. The minimum absolute atomic E-state index is 0.0969. The Bertz CT molecular complexity index is 1020. The summed E-state index contributed by atoms with van der Waals surface area (Å²) in [6.45, 7) is 4.54. The van der Waals surface area contributed by atoms with Crippen LogP contribution in [0, 0.1) is 0 Å². The Labute approximate surface area is 206 Å². The van der Waals surface area contributed by atoms with Crippen molar-refractivity contribution in [3.63, 3.8) is 0 Å². The van der Waals surface area contributed by atoms with E-state index in [2.05, 4.69) is 10.1 Å². The maximum atomic E-state index is 12.6. The van der Waals surface area contributed by atoms with Crippen molar-refractivity contribution in [3.05, 3.63) is 47.5 Å². The van der Waals surface area contributed by atoms with Gasteiger partial charge in [0.2, 0.25) is 5.91 Å². The van der Waals surface area contributed by atoms with Crippen LogP contribution in [0.15, 0.2) is 30.6 Å². The Morgan fingerprint density at radius 3 is 2.11 bits per heavy atom. The summed E-state index contributed by atoms with van der Waals surface area (Å²) < 4.78 is 71.0. The highest BCUT2D eigenvalue weighted by Crippen LogP contribution is 2.28. The molecule has 2 N–H and O–H groups in total. The Kier molecular flexibility index (Phi) is 11.5. The summed E-state index contributed by atoms with van der Waals surface area (Å²) >= 11 is 0. The molecule has 0 aromatic carbocycles. The molecular weight excluding hydrogens is 518 g/mol. The van der Waals surface area contributed by atoms with Crippen LogP contribution in [0.1, 0.15) is 29.8 Å². The zero-order valence-corrected chi connectivity index (χ0v) is 19.6. The van der Waals surface area contributed by atoms with Crippen LogP contribution in [0.25, 0.3) is 0 Å². The maximum absolute atomic E-state index is 12.6. The van der Waals surface area contributed by atoms with Gasteiger partial charge in [0, 0.05) is 50.1 Å². The number of carboxylic acid groups (broad SMARTS) is 2. The number of aryl methyl sites for hydroxylation is 1. The Hall–Kier alpha value is -3.69. The first-order valence-corrected chi connectivity index (χ1v) is 10.4. The Morgan fingerprint density at radius 1 is 1.08 bits per heavy atom. The first-order chi connectivity index (χ1) is 17.1. The monoisotopic (exact) mass is 542 g/mol. The molecule has 16 heteroatoms. The number of halogens is 6. The fourth-order valence-electron chi connectivity index (χ4n) is 3.11. The molecule has 1 aliphatic heterocycles. The van der Waals surface area contributed by atoms with Crippen molar-refractivity contribution in [2.24, 2.45) is 7.05 Å². The van der Waals surface area contributed by atoms with Gasteiger partial charge < -0.3 is 19.8 Å². The van der Waals surface area contributed by atoms with Crippen molar-refractivity contribution in [3.8, 4) is 0 Å². The molecule has 206 valence electrons. The maximum Gasteiger partial charge on any atom is 0.490 e. The van der Waals surface area contributed by atoms with Gasteiger partial charge in [-0.2, -0.15) is 31.4 Å². The molecule has 0 saturated heterocycles. The van der Waals surface area contributed by atoms with Gasteiger partial charge >= 0.3 is 24.3 Å². The SMILES string of the molecule is CCOCC1CN(C(=O)Cc2ccccn2)Cc2cnn(C)c21.O=C(O)C(F)(F)F.O=C(O)C(F)(F)F. The molecule has 1 atom stereocenters. The van der Waals surface area contributed by atoms with Crippen LogP contribution in [-0.4, -0.2) is 79.8 Å². The molecule has 1 aliphatic rings. The van der Waals surface area contributed by atoms with Crippen molar-refractivity contribution in [1.29, 1.82) is 0 Å². The third-order valence-electron chi connectivity index (χ3n) is 4.67. The average Bonchev–Trinajstić information content (AvgIpc) is 3.18. The molecule has 3 heterocycles. The molecule has 10 nitrogen and oxygen atoms in total. The smallest absolute Gasteiger partial charge is 0.475 e. The van der Waals surface area contributed by atoms with Crippen LogP contribution in [0.4, 0.5) is 26.3 Å². The number of aliphatic carboxylic acids is 2. The van der Waals surface area contributed by atoms with Crippen molar-refractivity contribution in [2.75, 3.05) is 19.8 Å². The van der Waals surface area contributed by atoms with E-state index in [0.717, 1.165) is 11.3 Å². The lowest BCUT2D eigenvalue weighted by Gasteiger charge is -2.33. The second-order valence-corrected chi connectivity index (χ2v) is 7.41. The van der Waals surface area contributed by atoms with Gasteiger partial charge in [-0.05, 0) is 19.1 Å². The van der Waals surface area contributed by atoms with E-state index in [-0.39, 0.29) is 11.8 Å². The molecule has 3 rings (SSSR count). The molecule has 0 radical (unpaired) electrons. The summed E-state index contributed by atoms with van der Waals surface area (Å²) in [5.41, 5.74) is 3.09. The Morgan fingerprint density at radius 2 is 1.65 bits per heavy atom. The molecule has 0 spiro atoms. The summed E-state index contributed by atoms with van der Waals surface area (Å²) in [4.78, 5) is 36.5. The summed E-state index contributed by atoms with van der Waals surface area (Å²) in [5.74, 6) is -5.25. The zero-order valence-electron chi connectivity index (χ0n) is 19.6. The van der Waals surface area contributed by atoms with Crippen LogP contribution >= 0.6 is 0 Å². The van der Waals surface area contributed by atoms with Crippen molar-refractivity contribution in [2.45, 2.75) is 38.2 Å². The highest BCUT2D eigenvalue weighted by molar-refractivity contribution is 5.78. The first-order valence-electron chi connectivity index (χ1n) is 10.4. The van der Waals surface area contributed by atoms with E-state index in [0.29, 0.717) is 32.7 Å². The number of rotatable bonds is 5. The van der Waals surface area contributed by atoms with Gasteiger partial charge in [-0.3, -0.25) is 14.5 Å². The van der Waals surface area contributed by atoms with Crippen molar-refractivity contribution >= 4 is 17.8 Å². The molecule has 0 bridgehead atoms. The fraction of sp³-hybridized carbons (Fsp3) is 0.476. The van der Waals surface area contributed by atoms with Crippen molar-refractivity contribution in [1.82, 2.24) is 19.7 Å². The summed E-state index contributed by atoms with van der Waals surface area (Å²) in [6.07, 6.45) is -6.26. The number of hydrogen-bond acceptors (Lipinski definition) is 6. The van der Waals surface area contributed by atoms with Crippen molar-refractivity contribution < 1.29 is 55.7 Å². The number of amides is 1. The second-order valence-electron chi connectivity index (χ2n) is 7.41. The summed E-state index contributed by atoms with van der Waals surface area (Å²) in [5, 5.41) is 18.6. The molecular formula is C21H24F6N4O6. The van der Waals surface area contributed by atoms with Crippen LogP contribution < -0.4 is 0 Å². The van der Waals surface area contributed by atoms with E-state index < -0.39 is 24.3 Å². The zero-order chi connectivity index (χ0) is 28.4. The van der Waals surface area contributed by atoms with Gasteiger partial charge in [0.15, 0.2) is 0 Å². The predicted octanol–water partition coefficient (Wildman–Crippen LogP) is 2.79. The van der Waals surface area contributed by atoms with Crippen LogP contribution in [0.3, 0.4) is 0 Å². The third-order valence-corrected chi connectivity index (χ3v) is 4.67. The number of fused-ring (bicyclic) bond motifs is 1. The Balaban J connectivity index is 0.000000404. The van der Waals surface area contributed by atoms with E-state index in [1.807, 2.05) is 47.9 Å². The topological polar surface area (TPSA) is 135 Å². The van der Waals surface area contributed by atoms with Gasteiger partial charge in [-0.25, -0.2) is 9.59 Å². The average molecular weight is 542 g/mol. The lowest BCUT2D eigenvalue weighted by molar-refractivity contribution is -0.193. The molecule has 1 amide bonds. The van der Waals surface area contributed by atoms with Gasteiger partial charge in [0.25, 0.3) is 0 Å². The molecule has 1 unspecified atom stereocenters. The number of alkyl halides is 6. The van der Waals surface area contributed by atoms with E-state index in [4.69, 9.17) is 24.5 Å². The molecule has 0 fully saturated rings. The number of carbonyl (C=O) groups excluding carboxylic acids is 1. The molecule has 2 aromatic rings. The van der Waals surface area contributed by atoms with Gasteiger partial charge in [-0.15, -0.1) is 0 Å². The number of carbonyl (C=O) groups is 3. The predicted molar refractivity (Wildman–Crippen MR) is 113 cm³/mol. The second kappa shape index (κ2) is 13.6. The lowest BCUT2D eigenvalue weighted by Crippen LogP contribution is -2.40. The number of carboxylic acids is 2. The fourth-order valence-corrected chi connectivity index (χ4v) is 3.11. The molecule has 0 aliphatic carbocycles. The molecule has 2 aromatic heterocycles. The third kappa shape index (κ3) is 10.4. The lowest BCUT2D eigenvalue weighted by atomic mass is 9.96. The van der Waals surface area contributed by atoms with Gasteiger partial charge in [0.05, 0.1) is 24.9 Å². The van der Waals surface area contributed by atoms with Gasteiger partial charge in [-0.1, -0.05) is 6.07 Å². The number of aromatic nitrogens is 3. The largest absolute Gasteiger partial charge is 0.490 e. The minimum atomic E-state index is -5.08. The first kappa shape index (κ1) is 31.3. The van der Waals surface area contributed by atoms with E-state index in [1.54, 1.807) is 6.20 Å². The normalized spacial score (nSPS) is 14.9. The molecule has 0 saturated carbocycles. The number of nitrogens with zero attached hydrogens (tertiary/aromatic N) is 4. The van der Waals surface area contributed by atoms with Crippen LogP contribution in [0.2, 0.25) is 0 Å². The van der Waals surface area contributed by atoms with Crippen LogP contribution in [-0.2, 0) is 39.1 Å². The highest BCUT2D eigenvalue weighted by atomic mass is 19.4. The number of ether oxygens (including phenoxy) is 1. The summed E-state index contributed by atoms with van der Waals surface area (Å²) in [6, 6.07) is 5.65. The van der Waals surface area contributed by atoms with Gasteiger partial charge in [0.1, 0.15) is 0 Å². The summed E-state index contributed by atoms with van der Waals surface area (Å²) in [7, 11) is 1.95. The quantitative estimate of drug-likeness (QED) is 0.551. The standard InChI is InChI=1S/C17H22N4O2.2C2HF3O2/c1-3-23-12-14-11-21(10-13-9-19-20(2)17(13)14)16(22)8-15-6-4-5-7-18-15;2*3-2(4,5)1(6)7/h4-7,9,14H,3,8,10-12H2,1-2H3;2*(H,6,7). The van der Waals surface area contributed by atoms with E-state index >= 15 is 0 Å².